The van der Waals surface area contributed by atoms with Crippen LogP contribution in [0, 0.1) is 20.8 Å². The Labute approximate surface area is 132 Å². The molecule has 2 aromatic rings. The summed E-state index contributed by atoms with van der Waals surface area (Å²) in [4.78, 5) is 31.1. The summed E-state index contributed by atoms with van der Waals surface area (Å²) in [5, 5.41) is 4.77. The molecule has 0 aromatic carbocycles. The van der Waals surface area contributed by atoms with Gasteiger partial charge in [-0.15, -0.1) is 0 Å². The second-order valence-electron chi connectivity index (χ2n) is 4.96. The molecule has 11 heteroatoms. The van der Waals surface area contributed by atoms with Crippen LogP contribution in [0.1, 0.15) is 17.1 Å². The number of hydrogen-bond donors (Lipinski definition) is 3. The van der Waals surface area contributed by atoms with Gasteiger partial charge in [-0.2, -0.15) is 0 Å². The van der Waals surface area contributed by atoms with E-state index in [2.05, 4.69) is 20.4 Å². The van der Waals surface area contributed by atoms with Gasteiger partial charge in [0.1, 0.15) is 0 Å². The fourth-order valence-corrected chi connectivity index (χ4v) is 3.28. The van der Waals surface area contributed by atoms with Crippen LogP contribution in [0.15, 0.2) is 15.8 Å². The first-order valence-electron chi connectivity index (χ1n) is 6.52. The van der Waals surface area contributed by atoms with E-state index in [9.17, 15) is 18.0 Å². The van der Waals surface area contributed by atoms with E-state index in [-0.39, 0.29) is 11.6 Å². The lowest BCUT2D eigenvalue weighted by atomic mass is 10.4. The van der Waals surface area contributed by atoms with Crippen molar-refractivity contribution < 1.29 is 13.2 Å². The average molecular weight is 340 g/mol. The molecule has 0 saturated carbocycles. The number of anilines is 1. The van der Waals surface area contributed by atoms with E-state index in [0.717, 1.165) is 4.68 Å². The quantitative estimate of drug-likeness (QED) is 0.715. The van der Waals surface area contributed by atoms with Crippen molar-refractivity contribution >= 4 is 22.0 Å². The standard InChI is InChI=1S/C12H16N6O4S/c1-6-5-7(2)14-11(13-6)15-12(20)17-23(21,22)9-8(3)16-18(4)10(9)19/h5,16H,1-4H3,(H2,13,14,15,17,20). The molecule has 3 N–H and O–H groups in total. The van der Waals surface area contributed by atoms with Crippen molar-refractivity contribution in [3.05, 3.63) is 33.5 Å². The third-order valence-corrected chi connectivity index (χ3v) is 4.35. The maximum atomic E-state index is 12.2. The highest BCUT2D eigenvalue weighted by atomic mass is 32.2. The summed E-state index contributed by atoms with van der Waals surface area (Å²) >= 11 is 0. The number of aromatic amines is 1. The number of rotatable bonds is 3. The molecule has 0 fully saturated rings. The Morgan fingerprint density at radius 1 is 1.22 bits per heavy atom. The van der Waals surface area contributed by atoms with Crippen molar-refractivity contribution in [1.29, 1.82) is 0 Å². The van der Waals surface area contributed by atoms with E-state index in [4.69, 9.17) is 0 Å². The zero-order valence-corrected chi connectivity index (χ0v) is 13.8. The Morgan fingerprint density at radius 2 is 1.78 bits per heavy atom. The number of hydrogen-bond acceptors (Lipinski definition) is 6. The second kappa shape index (κ2) is 5.83. The SMILES string of the molecule is Cc1cc(C)nc(NC(=O)NS(=O)(=O)c2c(C)[nH]n(C)c2=O)n1. The van der Waals surface area contributed by atoms with Crippen molar-refractivity contribution in [2.24, 2.45) is 7.05 Å². The van der Waals surface area contributed by atoms with Crippen molar-refractivity contribution in [2.45, 2.75) is 25.7 Å². The first kappa shape index (κ1) is 16.7. The number of carbonyl (C=O) groups is 1. The number of aryl methyl sites for hydroxylation is 4. The molecule has 2 amide bonds. The Bertz CT molecular complexity index is 907. The molecule has 0 bridgehead atoms. The summed E-state index contributed by atoms with van der Waals surface area (Å²) in [5.74, 6) is -0.0334. The molecule has 23 heavy (non-hydrogen) atoms. The minimum absolute atomic E-state index is 0.0334. The van der Waals surface area contributed by atoms with Crippen LogP contribution in [-0.2, 0) is 17.1 Å². The maximum absolute atomic E-state index is 12.2. The second-order valence-corrected chi connectivity index (χ2v) is 6.58. The lowest BCUT2D eigenvalue weighted by Gasteiger charge is -2.07. The third-order valence-electron chi connectivity index (χ3n) is 2.88. The molecule has 0 saturated heterocycles. The Hall–Kier alpha value is -2.69. The molecule has 0 atom stereocenters. The molecule has 0 spiro atoms. The average Bonchev–Trinajstić information content (AvgIpc) is 2.60. The van der Waals surface area contributed by atoms with E-state index in [1.807, 2.05) is 0 Å². The summed E-state index contributed by atoms with van der Waals surface area (Å²) < 4.78 is 27.1. The van der Waals surface area contributed by atoms with Crippen molar-refractivity contribution in [3.8, 4) is 0 Å². The van der Waals surface area contributed by atoms with Crippen LogP contribution < -0.4 is 15.6 Å². The smallest absolute Gasteiger partial charge is 0.299 e. The Balaban J connectivity index is 2.23. The highest BCUT2D eigenvalue weighted by Gasteiger charge is 2.26. The van der Waals surface area contributed by atoms with Gasteiger partial charge in [-0.25, -0.2) is 27.9 Å². The zero-order valence-electron chi connectivity index (χ0n) is 13.0. The number of nitrogens with one attached hydrogen (secondary N) is 3. The number of sulfonamides is 1. The lowest BCUT2D eigenvalue weighted by molar-refractivity contribution is 0.256. The van der Waals surface area contributed by atoms with Crippen molar-refractivity contribution in [3.63, 3.8) is 0 Å². The minimum Gasteiger partial charge on any atom is -0.299 e. The molecular weight excluding hydrogens is 324 g/mol. The van der Waals surface area contributed by atoms with Crippen LogP contribution in [0.4, 0.5) is 10.7 Å². The van der Waals surface area contributed by atoms with Gasteiger partial charge in [0.2, 0.25) is 5.95 Å². The molecule has 2 aromatic heterocycles. The number of nitrogens with zero attached hydrogens (tertiary/aromatic N) is 3. The van der Waals surface area contributed by atoms with Gasteiger partial charge in [-0.1, -0.05) is 0 Å². The van der Waals surface area contributed by atoms with Gasteiger partial charge < -0.3 is 0 Å². The van der Waals surface area contributed by atoms with Gasteiger partial charge in [-0.05, 0) is 26.8 Å². The third kappa shape index (κ3) is 3.56. The number of aromatic nitrogens is 4. The first-order valence-corrected chi connectivity index (χ1v) is 8.00. The Kier molecular flexibility index (Phi) is 4.23. The monoisotopic (exact) mass is 340 g/mol. The molecule has 0 aliphatic carbocycles. The van der Waals surface area contributed by atoms with Crippen LogP contribution in [0.25, 0.3) is 0 Å². The molecule has 0 aliphatic rings. The van der Waals surface area contributed by atoms with Gasteiger partial charge >= 0.3 is 6.03 Å². The largest absolute Gasteiger partial charge is 0.335 e. The van der Waals surface area contributed by atoms with E-state index in [0.29, 0.717) is 11.4 Å². The summed E-state index contributed by atoms with van der Waals surface area (Å²) in [6, 6.07) is 0.643. The van der Waals surface area contributed by atoms with Crippen LogP contribution in [0.5, 0.6) is 0 Å². The summed E-state index contributed by atoms with van der Waals surface area (Å²) in [6.07, 6.45) is 0. The van der Waals surface area contributed by atoms with E-state index in [1.54, 1.807) is 24.6 Å². The normalized spacial score (nSPS) is 11.3. The van der Waals surface area contributed by atoms with Gasteiger partial charge in [0, 0.05) is 18.4 Å². The predicted octanol–water partition coefficient (Wildman–Crippen LogP) is -0.0609. The van der Waals surface area contributed by atoms with Crippen molar-refractivity contribution in [1.82, 2.24) is 24.5 Å². The van der Waals surface area contributed by atoms with Crippen LogP contribution in [0.2, 0.25) is 0 Å². The zero-order chi connectivity index (χ0) is 17.4. The molecule has 2 rings (SSSR count). The molecular formula is C12H16N6O4S. The van der Waals surface area contributed by atoms with E-state index < -0.39 is 26.5 Å². The van der Waals surface area contributed by atoms with Gasteiger partial charge in [0.15, 0.2) is 4.90 Å². The highest BCUT2D eigenvalue weighted by Crippen LogP contribution is 2.08. The molecule has 0 aliphatic heterocycles. The maximum Gasteiger partial charge on any atom is 0.335 e. The summed E-state index contributed by atoms with van der Waals surface area (Å²) in [7, 11) is -2.95. The van der Waals surface area contributed by atoms with Crippen LogP contribution >= 0.6 is 0 Å². The molecule has 0 unspecified atom stereocenters. The fraction of sp³-hybridized carbons (Fsp3) is 0.333. The summed E-state index contributed by atoms with van der Waals surface area (Å²) in [6.45, 7) is 4.84. The number of carbonyl (C=O) groups excluding carboxylic acids is 1. The topological polar surface area (TPSA) is 139 Å². The van der Waals surface area contributed by atoms with Gasteiger partial charge in [0.05, 0.1) is 5.69 Å². The molecule has 10 nitrogen and oxygen atoms in total. The minimum atomic E-state index is -4.32. The fourth-order valence-electron chi connectivity index (χ4n) is 2.06. The van der Waals surface area contributed by atoms with E-state index >= 15 is 0 Å². The molecule has 0 radical (unpaired) electrons. The highest BCUT2D eigenvalue weighted by molar-refractivity contribution is 7.90. The van der Waals surface area contributed by atoms with Gasteiger partial charge in [-0.3, -0.25) is 19.9 Å². The van der Waals surface area contributed by atoms with Gasteiger partial charge in [0.25, 0.3) is 15.6 Å². The predicted molar refractivity (Wildman–Crippen MR) is 81.6 cm³/mol. The molecule has 2 heterocycles. The molecule has 124 valence electrons. The van der Waals surface area contributed by atoms with Crippen molar-refractivity contribution in [2.75, 3.05) is 5.32 Å². The van der Waals surface area contributed by atoms with E-state index in [1.165, 1.54) is 14.0 Å². The number of H-pyrrole nitrogens is 1. The lowest BCUT2D eigenvalue weighted by Crippen LogP contribution is -2.37. The van der Waals surface area contributed by atoms with Crippen LogP contribution in [0.3, 0.4) is 0 Å². The number of amides is 2. The van der Waals surface area contributed by atoms with Crippen LogP contribution in [-0.4, -0.2) is 34.2 Å². The first-order chi connectivity index (χ1) is 10.6. The number of urea groups is 1. The Morgan fingerprint density at radius 3 is 2.26 bits per heavy atom. The summed E-state index contributed by atoms with van der Waals surface area (Å²) in [5.41, 5.74) is 0.600.